The van der Waals surface area contributed by atoms with Crippen LogP contribution >= 0.6 is 11.8 Å². The lowest BCUT2D eigenvalue weighted by Crippen LogP contribution is -2.13. The van der Waals surface area contributed by atoms with Crippen molar-refractivity contribution < 1.29 is 18.7 Å². The molecule has 0 aromatic carbocycles. The van der Waals surface area contributed by atoms with Crippen LogP contribution in [-0.4, -0.2) is 17.7 Å². The van der Waals surface area contributed by atoms with Crippen molar-refractivity contribution in [2.45, 2.75) is 76.6 Å². The summed E-state index contributed by atoms with van der Waals surface area (Å²) < 4.78 is 10.3. The first kappa shape index (κ1) is 19.8. The molecule has 0 saturated carbocycles. The molecule has 0 saturated heterocycles. The van der Waals surface area contributed by atoms with Gasteiger partial charge in [0.1, 0.15) is 11.9 Å². The highest BCUT2D eigenvalue weighted by Crippen LogP contribution is 2.19. The molecule has 1 unspecified atom stereocenters. The fourth-order valence-electron chi connectivity index (χ4n) is 2.41. The minimum Gasteiger partial charge on any atom is -0.468 e. The minimum atomic E-state index is -0.133. The summed E-state index contributed by atoms with van der Waals surface area (Å²) in [7, 11) is 0. The Morgan fingerprint density at radius 3 is 2.74 bits per heavy atom. The molecule has 0 aliphatic heterocycles. The number of unbranched alkanes of at least 4 members (excludes halogenated alkanes) is 5. The number of hydrogen-bond donors (Lipinski definition) is 0. The minimum absolute atomic E-state index is 0.115. The molecule has 1 rings (SSSR count). The molecule has 4 nitrogen and oxygen atoms in total. The quantitative estimate of drug-likeness (QED) is 0.348. The Hall–Kier alpha value is -1.23. The SMILES string of the molecule is CCCCCCCCC(CCC(=O)SCc1ccco1)OC=O. The molecule has 5 heteroatoms. The van der Waals surface area contributed by atoms with Crippen molar-refractivity contribution >= 4 is 23.3 Å². The van der Waals surface area contributed by atoms with E-state index in [0.29, 0.717) is 25.1 Å². The van der Waals surface area contributed by atoms with Crippen molar-refractivity contribution in [3.05, 3.63) is 24.2 Å². The second kappa shape index (κ2) is 13.2. The third kappa shape index (κ3) is 10.2. The highest BCUT2D eigenvalue weighted by Gasteiger charge is 2.13. The van der Waals surface area contributed by atoms with Crippen LogP contribution in [-0.2, 0) is 20.1 Å². The lowest BCUT2D eigenvalue weighted by atomic mass is 10.0. The summed E-state index contributed by atoms with van der Waals surface area (Å²) in [6, 6.07) is 3.67. The average molecular weight is 340 g/mol. The van der Waals surface area contributed by atoms with Gasteiger partial charge >= 0.3 is 0 Å². The Morgan fingerprint density at radius 2 is 2.04 bits per heavy atom. The topological polar surface area (TPSA) is 56.5 Å². The zero-order valence-corrected chi connectivity index (χ0v) is 14.8. The molecule has 0 spiro atoms. The second-order valence-electron chi connectivity index (χ2n) is 5.69. The maximum Gasteiger partial charge on any atom is 0.293 e. The molecule has 0 radical (unpaired) electrons. The zero-order valence-electron chi connectivity index (χ0n) is 14.0. The monoisotopic (exact) mass is 340 g/mol. The predicted molar refractivity (Wildman–Crippen MR) is 93.2 cm³/mol. The number of carbonyl (C=O) groups excluding carboxylic acids is 2. The summed E-state index contributed by atoms with van der Waals surface area (Å²) in [6.45, 7) is 2.71. The van der Waals surface area contributed by atoms with Gasteiger partial charge in [-0.2, -0.15) is 0 Å². The fourth-order valence-corrected chi connectivity index (χ4v) is 3.14. The Balaban J connectivity index is 2.13. The van der Waals surface area contributed by atoms with E-state index in [4.69, 9.17) is 9.15 Å². The maximum atomic E-state index is 11.9. The first-order valence-electron chi connectivity index (χ1n) is 8.53. The van der Waals surface area contributed by atoms with E-state index in [1.165, 1.54) is 43.9 Å². The van der Waals surface area contributed by atoms with E-state index < -0.39 is 0 Å². The molecule has 0 N–H and O–H groups in total. The van der Waals surface area contributed by atoms with E-state index in [9.17, 15) is 9.59 Å². The van der Waals surface area contributed by atoms with Gasteiger partial charge in [-0.3, -0.25) is 9.59 Å². The van der Waals surface area contributed by atoms with E-state index >= 15 is 0 Å². The number of rotatable bonds is 14. The molecule has 0 aliphatic carbocycles. The van der Waals surface area contributed by atoms with Gasteiger partial charge in [0.2, 0.25) is 0 Å². The lowest BCUT2D eigenvalue weighted by Gasteiger charge is -2.14. The summed E-state index contributed by atoms with van der Waals surface area (Å²) in [4.78, 5) is 22.5. The van der Waals surface area contributed by atoms with Crippen LogP contribution in [0.1, 0.15) is 70.5 Å². The Bertz CT molecular complexity index is 417. The van der Waals surface area contributed by atoms with Crippen LogP contribution in [0.25, 0.3) is 0 Å². The Labute approximate surface area is 143 Å². The molecule has 130 valence electrons. The number of ether oxygens (including phenoxy) is 1. The normalized spacial score (nSPS) is 12.0. The van der Waals surface area contributed by atoms with Crippen molar-refractivity contribution in [3.8, 4) is 0 Å². The van der Waals surface area contributed by atoms with Crippen LogP contribution in [0, 0.1) is 0 Å². The van der Waals surface area contributed by atoms with Crippen molar-refractivity contribution in [2.75, 3.05) is 0 Å². The van der Waals surface area contributed by atoms with Gasteiger partial charge in [-0.1, -0.05) is 50.8 Å². The smallest absolute Gasteiger partial charge is 0.293 e. The number of carbonyl (C=O) groups is 2. The largest absolute Gasteiger partial charge is 0.468 e. The highest BCUT2D eigenvalue weighted by molar-refractivity contribution is 8.12. The summed E-state index contributed by atoms with van der Waals surface area (Å²) >= 11 is 1.26. The van der Waals surface area contributed by atoms with E-state index in [2.05, 4.69) is 6.92 Å². The number of furan rings is 1. The zero-order chi connectivity index (χ0) is 16.8. The molecule has 0 bridgehead atoms. The number of hydrogen-bond acceptors (Lipinski definition) is 5. The van der Waals surface area contributed by atoms with Crippen LogP contribution in [0.3, 0.4) is 0 Å². The van der Waals surface area contributed by atoms with Gasteiger partial charge in [-0.15, -0.1) is 0 Å². The summed E-state index contributed by atoms with van der Waals surface area (Å²) in [5, 5.41) is 0.115. The van der Waals surface area contributed by atoms with Crippen LogP contribution in [0.15, 0.2) is 22.8 Å². The van der Waals surface area contributed by atoms with Crippen LogP contribution < -0.4 is 0 Å². The summed E-state index contributed by atoms with van der Waals surface area (Å²) in [5.74, 6) is 1.36. The first-order valence-corrected chi connectivity index (χ1v) is 9.52. The van der Waals surface area contributed by atoms with E-state index in [1.54, 1.807) is 6.26 Å². The van der Waals surface area contributed by atoms with Crippen LogP contribution in [0.4, 0.5) is 0 Å². The van der Waals surface area contributed by atoms with Gasteiger partial charge in [-0.05, 0) is 31.4 Å². The molecule has 0 aliphatic rings. The average Bonchev–Trinajstić information content (AvgIpc) is 3.07. The highest BCUT2D eigenvalue weighted by atomic mass is 32.2. The van der Waals surface area contributed by atoms with Gasteiger partial charge in [0.15, 0.2) is 5.12 Å². The molecular formula is C18H28O4S. The summed E-state index contributed by atoms with van der Waals surface area (Å²) in [6.07, 6.45) is 10.6. The molecule has 0 amide bonds. The predicted octanol–water partition coefficient (Wildman–Crippen LogP) is 5.11. The van der Waals surface area contributed by atoms with Gasteiger partial charge in [0, 0.05) is 6.42 Å². The molecule has 1 heterocycles. The molecule has 1 aromatic heterocycles. The van der Waals surface area contributed by atoms with Gasteiger partial charge in [0.05, 0.1) is 12.0 Å². The van der Waals surface area contributed by atoms with E-state index in [1.807, 2.05) is 12.1 Å². The van der Waals surface area contributed by atoms with Crippen molar-refractivity contribution in [3.63, 3.8) is 0 Å². The molecule has 0 fully saturated rings. The maximum absolute atomic E-state index is 11.9. The van der Waals surface area contributed by atoms with Crippen molar-refractivity contribution in [1.29, 1.82) is 0 Å². The van der Waals surface area contributed by atoms with Crippen molar-refractivity contribution in [1.82, 2.24) is 0 Å². The molecule has 1 atom stereocenters. The van der Waals surface area contributed by atoms with Crippen LogP contribution in [0.2, 0.25) is 0 Å². The molecule has 1 aromatic rings. The Kier molecular flexibility index (Phi) is 11.4. The van der Waals surface area contributed by atoms with E-state index in [-0.39, 0.29) is 11.2 Å². The van der Waals surface area contributed by atoms with Crippen molar-refractivity contribution in [2.24, 2.45) is 0 Å². The fraction of sp³-hybridized carbons (Fsp3) is 0.667. The Morgan fingerprint density at radius 1 is 1.26 bits per heavy atom. The van der Waals surface area contributed by atoms with Gasteiger partial charge in [0.25, 0.3) is 6.47 Å². The lowest BCUT2D eigenvalue weighted by molar-refractivity contribution is -0.134. The summed E-state index contributed by atoms with van der Waals surface area (Å²) in [5.41, 5.74) is 0. The molecule has 23 heavy (non-hydrogen) atoms. The van der Waals surface area contributed by atoms with Gasteiger partial charge in [-0.25, -0.2) is 0 Å². The van der Waals surface area contributed by atoms with E-state index in [0.717, 1.165) is 18.6 Å². The van der Waals surface area contributed by atoms with Crippen LogP contribution in [0.5, 0.6) is 0 Å². The third-order valence-electron chi connectivity index (χ3n) is 3.75. The third-order valence-corrected chi connectivity index (χ3v) is 4.71. The molecular weight excluding hydrogens is 312 g/mol. The second-order valence-corrected chi connectivity index (χ2v) is 6.72. The van der Waals surface area contributed by atoms with Gasteiger partial charge < -0.3 is 9.15 Å². The first-order chi connectivity index (χ1) is 11.3. The standard InChI is InChI=1S/C18H28O4S/c1-2-3-4-5-6-7-9-16(22-15-19)11-12-18(20)23-14-17-10-8-13-21-17/h8,10,13,15-16H,2-7,9,11-12,14H2,1H3. The number of thioether (sulfide) groups is 1.